The lowest BCUT2D eigenvalue weighted by atomic mass is 9.85. The second-order valence-corrected chi connectivity index (χ2v) is 7.75. The van der Waals surface area contributed by atoms with E-state index in [0.29, 0.717) is 0 Å². The molecule has 3 heteroatoms. The van der Waals surface area contributed by atoms with Crippen LogP contribution in [0.15, 0.2) is 22.7 Å². The summed E-state index contributed by atoms with van der Waals surface area (Å²) in [7, 11) is 0. The zero-order chi connectivity index (χ0) is 13.9. The molecule has 1 aromatic rings. The van der Waals surface area contributed by atoms with Crippen LogP contribution in [0, 0.1) is 11.8 Å². The van der Waals surface area contributed by atoms with E-state index in [-0.39, 0.29) is 0 Å². The summed E-state index contributed by atoms with van der Waals surface area (Å²) >= 11 is 9.89. The highest BCUT2D eigenvalue weighted by Crippen LogP contribution is 2.35. The van der Waals surface area contributed by atoms with Crippen LogP contribution in [0.4, 0.5) is 0 Å². The summed E-state index contributed by atoms with van der Waals surface area (Å²) < 4.78 is 1.07. The van der Waals surface area contributed by atoms with E-state index in [1.807, 2.05) is 6.07 Å². The van der Waals surface area contributed by atoms with E-state index in [2.05, 4.69) is 33.4 Å². The van der Waals surface area contributed by atoms with E-state index >= 15 is 0 Å². The molecule has 0 aromatic heterocycles. The van der Waals surface area contributed by atoms with E-state index in [1.165, 1.54) is 50.6 Å². The molecule has 0 amide bonds. The van der Waals surface area contributed by atoms with Crippen LogP contribution in [0.1, 0.15) is 44.1 Å². The molecule has 0 aliphatic heterocycles. The number of hydrogen-bond donors (Lipinski definition) is 1. The molecule has 1 aromatic carbocycles. The maximum absolute atomic E-state index is 6.40. The highest BCUT2D eigenvalue weighted by molar-refractivity contribution is 9.10. The highest BCUT2D eigenvalue weighted by atomic mass is 79.9. The second-order valence-electron chi connectivity index (χ2n) is 6.43. The third-order valence-corrected chi connectivity index (χ3v) is 5.65. The summed E-state index contributed by atoms with van der Waals surface area (Å²) in [5, 5.41) is 4.64. The van der Waals surface area contributed by atoms with Crippen molar-refractivity contribution in [1.29, 1.82) is 0 Å². The Bertz CT molecular complexity index is 452. The lowest BCUT2D eigenvalue weighted by Crippen LogP contribution is -2.30. The molecular formula is C17H23BrClN. The Labute approximate surface area is 135 Å². The number of hydrogen-bond acceptors (Lipinski definition) is 1. The van der Waals surface area contributed by atoms with Crippen LogP contribution in [-0.4, -0.2) is 12.6 Å². The van der Waals surface area contributed by atoms with E-state index in [1.54, 1.807) is 0 Å². The Hall–Kier alpha value is -0.0500. The van der Waals surface area contributed by atoms with Crippen molar-refractivity contribution in [2.75, 3.05) is 6.54 Å². The predicted octanol–water partition coefficient (Wildman–Crippen LogP) is 5.20. The fraction of sp³-hybridized carbons (Fsp3) is 0.647. The van der Waals surface area contributed by atoms with Gasteiger partial charge in [0, 0.05) is 15.5 Å². The molecule has 1 atom stereocenters. The quantitative estimate of drug-likeness (QED) is 0.738. The van der Waals surface area contributed by atoms with Gasteiger partial charge in [0.1, 0.15) is 0 Å². The first kappa shape index (κ1) is 14.9. The van der Waals surface area contributed by atoms with Gasteiger partial charge in [-0.05, 0) is 55.3 Å². The summed E-state index contributed by atoms with van der Waals surface area (Å²) in [5.74, 6) is 1.64. The molecule has 0 radical (unpaired) electrons. The van der Waals surface area contributed by atoms with Crippen molar-refractivity contribution >= 4 is 27.5 Å². The van der Waals surface area contributed by atoms with Gasteiger partial charge in [0.15, 0.2) is 0 Å². The van der Waals surface area contributed by atoms with Crippen LogP contribution < -0.4 is 5.32 Å². The van der Waals surface area contributed by atoms with Crippen molar-refractivity contribution in [1.82, 2.24) is 5.32 Å². The summed E-state index contributed by atoms with van der Waals surface area (Å²) in [6.45, 7) is 1.17. The maximum atomic E-state index is 6.40. The van der Waals surface area contributed by atoms with Crippen molar-refractivity contribution in [2.24, 2.45) is 11.8 Å². The molecule has 1 N–H and O–H groups in total. The largest absolute Gasteiger partial charge is 0.314 e. The molecule has 0 bridgehead atoms. The van der Waals surface area contributed by atoms with Crippen molar-refractivity contribution in [3.05, 3.63) is 33.3 Å². The van der Waals surface area contributed by atoms with Crippen LogP contribution in [0.5, 0.6) is 0 Å². The maximum Gasteiger partial charge on any atom is 0.0449 e. The lowest BCUT2D eigenvalue weighted by Gasteiger charge is -2.24. The van der Waals surface area contributed by atoms with Gasteiger partial charge in [0.05, 0.1) is 0 Å². The summed E-state index contributed by atoms with van der Waals surface area (Å²) in [5.41, 5.74) is 1.31. The van der Waals surface area contributed by atoms with Gasteiger partial charge < -0.3 is 5.32 Å². The van der Waals surface area contributed by atoms with Gasteiger partial charge in [-0.25, -0.2) is 0 Å². The van der Waals surface area contributed by atoms with Gasteiger partial charge in [-0.3, -0.25) is 0 Å². The number of rotatable bonds is 6. The predicted molar refractivity (Wildman–Crippen MR) is 89.3 cm³/mol. The van der Waals surface area contributed by atoms with Crippen molar-refractivity contribution in [3.63, 3.8) is 0 Å². The molecule has 110 valence electrons. The van der Waals surface area contributed by atoms with Crippen LogP contribution in [0.2, 0.25) is 5.02 Å². The SMILES string of the molecule is Clc1cc(Br)ccc1CC(CNC1CC1)C1CCCC1. The van der Waals surface area contributed by atoms with Gasteiger partial charge >= 0.3 is 0 Å². The Morgan fingerprint density at radius 1 is 1.20 bits per heavy atom. The second kappa shape index (κ2) is 6.81. The normalized spacial score (nSPS) is 21.3. The molecular weight excluding hydrogens is 334 g/mol. The molecule has 2 saturated carbocycles. The Balaban J connectivity index is 1.66. The number of benzene rings is 1. The third kappa shape index (κ3) is 3.99. The Morgan fingerprint density at radius 2 is 1.95 bits per heavy atom. The van der Waals surface area contributed by atoms with E-state index in [9.17, 15) is 0 Å². The molecule has 2 fully saturated rings. The van der Waals surface area contributed by atoms with Gasteiger partial charge in [0.25, 0.3) is 0 Å². The fourth-order valence-electron chi connectivity index (χ4n) is 3.41. The molecule has 0 spiro atoms. The van der Waals surface area contributed by atoms with Gasteiger partial charge in [-0.15, -0.1) is 0 Å². The number of halogens is 2. The Kier molecular flexibility index (Phi) is 5.06. The van der Waals surface area contributed by atoms with Crippen LogP contribution >= 0.6 is 27.5 Å². The first-order chi connectivity index (χ1) is 9.72. The van der Waals surface area contributed by atoms with Crippen LogP contribution in [0.3, 0.4) is 0 Å². The minimum Gasteiger partial charge on any atom is -0.314 e. The van der Waals surface area contributed by atoms with Crippen molar-refractivity contribution < 1.29 is 0 Å². The number of nitrogens with one attached hydrogen (secondary N) is 1. The summed E-state index contributed by atoms with van der Waals surface area (Å²) in [6.07, 6.45) is 9.51. The highest BCUT2D eigenvalue weighted by Gasteiger charge is 2.28. The average Bonchev–Trinajstić information content (AvgIpc) is 3.09. The molecule has 1 unspecified atom stereocenters. The molecule has 0 saturated heterocycles. The van der Waals surface area contributed by atoms with E-state index < -0.39 is 0 Å². The molecule has 1 nitrogen and oxygen atoms in total. The fourth-order valence-corrected chi connectivity index (χ4v) is 4.16. The molecule has 3 rings (SSSR count). The smallest absolute Gasteiger partial charge is 0.0449 e. The summed E-state index contributed by atoms with van der Waals surface area (Å²) in [6, 6.07) is 7.13. The molecule has 2 aliphatic carbocycles. The molecule has 20 heavy (non-hydrogen) atoms. The monoisotopic (exact) mass is 355 g/mol. The average molecular weight is 357 g/mol. The first-order valence-corrected chi connectivity index (χ1v) is 9.07. The first-order valence-electron chi connectivity index (χ1n) is 7.89. The van der Waals surface area contributed by atoms with Crippen molar-refractivity contribution in [2.45, 2.75) is 51.0 Å². The summed E-state index contributed by atoms with van der Waals surface area (Å²) in [4.78, 5) is 0. The van der Waals surface area contributed by atoms with Gasteiger partial charge in [-0.1, -0.05) is 59.3 Å². The van der Waals surface area contributed by atoms with Gasteiger partial charge in [-0.2, -0.15) is 0 Å². The van der Waals surface area contributed by atoms with Gasteiger partial charge in [0.2, 0.25) is 0 Å². The molecule has 0 heterocycles. The zero-order valence-electron chi connectivity index (χ0n) is 11.9. The Morgan fingerprint density at radius 3 is 2.60 bits per heavy atom. The van der Waals surface area contributed by atoms with Crippen LogP contribution in [0.25, 0.3) is 0 Å². The zero-order valence-corrected chi connectivity index (χ0v) is 14.2. The minimum absolute atomic E-state index is 0.747. The minimum atomic E-state index is 0.747. The lowest BCUT2D eigenvalue weighted by molar-refractivity contribution is 0.320. The topological polar surface area (TPSA) is 12.0 Å². The van der Waals surface area contributed by atoms with Crippen LogP contribution in [-0.2, 0) is 6.42 Å². The standard InChI is InChI=1S/C17H23BrClN/c18-15-6-5-13(17(19)10-15)9-14(11-20-16-7-8-16)12-3-1-2-4-12/h5-6,10,12,14,16,20H,1-4,7-9,11H2. The molecule has 2 aliphatic rings. The van der Waals surface area contributed by atoms with E-state index in [0.717, 1.165) is 33.8 Å². The van der Waals surface area contributed by atoms with Crippen molar-refractivity contribution in [3.8, 4) is 0 Å². The van der Waals surface area contributed by atoms with E-state index in [4.69, 9.17) is 11.6 Å². The third-order valence-electron chi connectivity index (χ3n) is 4.81.